The molecule has 1 heterocycles. The number of nitrogens with zero attached hydrogens (tertiary/aromatic N) is 3. The average molecular weight is 138 g/mol. The Bertz CT molecular complexity index is 202. The minimum atomic E-state index is 0.0923. The lowest BCUT2D eigenvalue weighted by Crippen LogP contribution is -2.38. The molecule has 4 heteroatoms. The van der Waals surface area contributed by atoms with Crippen LogP contribution in [0.1, 0.15) is 6.92 Å². The first-order valence-corrected chi connectivity index (χ1v) is 3.04. The maximum absolute atomic E-state index is 8.53. The number of nitriles is 1. The van der Waals surface area contributed by atoms with Crippen LogP contribution in [-0.4, -0.2) is 23.1 Å². The Balaban J connectivity index is 2.80. The number of hydrogen-bond acceptors (Lipinski definition) is 4. The minimum absolute atomic E-state index is 0.0923. The summed E-state index contributed by atoms with van der Waals surface area (Å²) in [5.74, 6) is 5.50. The van der Waals surface area contributed by atoms with Gasteiger partial charge < -0.3 is 4.90 Å². The minimum Gasteiger partial charge on any atom is -0.344 e. The first kappa shape index (κ1) is 6.90. The van der Waals surface area contributed by atoms with Crippen LogP contribution < -0.4 is 5.84 Å². The van der Waals surface area contributed by atoms with Crippen LogP contribution in [0.4, 0.5) is 0 Å². The molecule has 0 aliphatic carbocycles. The molecule has 4 nitrogen and oxygen atoms in total. The van der Waals surface area contributed by atoms with Crippen molar-refractivity contribution in [3.63, 3.8) is 0 Å². The first-order chi connectivity index (χ1) is 4.66. The van der Waals surface area contributed by atoms with Gasteiger partial charge in [-0.15, -0.1) is 0 Å². The van der Waals surface area contributed by atoms with Crippen LogP contribution >= 0.6 is 0 Å². The van der Waals surface area contributed by atoms with Crippen LogP contribution in [0.3, 0.4) is 0 Å². The summed E-state index contributed by atoms with van der Waals surface area (Å²) in [5.41, 5.74) is 0.606. The summed E-state index contributed by atoms with van der Waals surface area (Å²) in [4.78, 5) is 1.82. The molecule has 0 bridgehead atoms. The largest absolute Gasteiger partial charge is 0.344 e. The molecule has 2 N–H and O–H groups in total. The fourth-order valence-electron chi connectivity index (χ4n) is 0.849. The lowest BCUT2D eigenvalue weighted by molar-refractivity contribution is 0.194. The van der Waals surface area contributed by atoms with Crippen molar-refractivity contribution < 1.29 is 0 Å². The molecule has 1 rings (SSSR count). The number of hydrazine groups is 1. The van der Waals surface area contributed by atoms with Gasteiger partial charge in [0.15, 0.2) is 0 Å². The molecular formula is C6H10N4. The van der Waals surface area contributed by atoms with Crippen molar-refractivity contribution in [3.8, 4) is 6.07 Å². The Morgan fingerprint density at radius 1 is 1.80 bits per heavy atom. The van der Waals surface area contributed by atoms with Gasteiger partial charge >= 0.3 is 0 Å². The summed E-state index contributed by atoms with van der Waals surface area (Å²) in [6.07, 6.45) is 1.72. The predicted molar refractivity (Wildman–Crippen MR) is 36.9 cm³/mol. The third-order valence-corrected chi connectivity index (χ3v) is 1.76. The lowest BCUT2D eigenvalue weighted by atomic mass is 10.4. The maximum atomic E-state index is 8.53. The molecule has 0 radical (unpaired) electrons. The van der Waals surface area contributed by atoms with E-state index in [1.54, 1.807) is 6.20 Å². The van der Waals surface area contributed by atoms with E-state index < -0.39 is 0 Å². The summed E-state index contributed by atoms with van der Waals surface area (Å²) >= 11 is 0. The van der Waals surface area contributed by atoms with E-state index in [4.69, 9.17) is 11.1 Å². The highest BCUT2D eigenvalue weighted by Crippen LogP contribution is 2.15. The van der Waals surface area contributed by atoms with E-state index in [0.29, 0.717) is 5.70 Å². The Hall–Kier alpha value is -1.21. The van der Waals surface area contributed by atoms with Gasteiger partial charge in [0.2, 0.25) is 0 Å². The van der Waals surface area contributed by atoms with E-state index in [9.17, 15) is 0 Å². The second-order valence-corrected chi connectivity index (χ2v) is 2.32. The second kappa shape index (κ2) is 2.20. The van der Waals surface area contributed by atoms with E-state index in [-0.39, 0.29) is 6.17 Å². The lowest BCUT2D eigenvalue weighted by Gasteiger charge is -2.22. The monoisotopic (exact) mass is 138 g/mol. The number of nitrogens with two attached hydrogens (primary N) is 1. The summed E-state index contributed by atoms with van der Waals surface area (Å²) in [6.45, 7) is 1.93. The first-order valence-electron chi connectivity index (χ1n) is 3.04. The summed E-state index contributed by atoms with van der Waals surface area (Å²) in [6, 6.07) is 2.04. The molecule has 0 aromatic carbocycles. The van der Waals surface area contributed by atoms with Crippen molar-refractivity contribution in [2.45, 2.75) is 13.1 Å². The Kier molecular flexibility index (Phi) is 1.52. The molecule has 0 fully saturated rings. The zero-order valence-corrected chi connectivity index (χ0v) is 6.07. The maximum Gasteiger partial charge on any atom is 0.135 e. The van der Waals surface area contributed by atoms with Crippen LogP contribution in [0.2, 0.25) is 0 Å². The fraction of sp³-hybridized carbons (Fsp3) is 0.500. The van der Waals surface area contributed by atoms with E-state index in [2.05, 4.69) is 0 Å². The molecule has 54 valence electrons. The molecule has 0 aromatic rings. The highest BCUT2D eigenvalue weighted by molar-refractivity contribution is 5.22. The van der Waals surface area contributed by atoms with Crippen molar-refractivity contribution >= 4 is 0 Å². The van der Waals surface area contributed by atoms with Crippen molar-refractivity contribution in [1.82, 2.24) is 9.91 Å². The van der Waals surface area contributed by atoms with Crippen molar-refractivity contribution in [2.75, 3.05) is 7.05 Å². The molecule has 0 spiro atoms. The highest BCUT2D eigenvalue weighted by atomic mass is 15.5. The highest BCUT2D eigenvalue weighted by Gasteiger charge is 2.22. The molecular weight excluding hydrogens is 128 g/mol. The zero-order valence-electron chi connectivity index (χ0n) is 6.07. The molecule has 0 amide bonds. The molecule has 1 unspecified atom stereocenters. The van der Waals surface area contributed by atoms with Gasteiger partial charge in [-0.05, 0) is 6.92 Å². The van der Waals surface area contributed by atoms with Gasteiger partial charge in [0, 0.05) is 7.05 Å². The zero-order chi connectivity index (χ0) is 7.72. The van der Waals surface area contributed by atoms with Crippen LogP contribution in [0.15, 0.2) is 11.9 Å². The average Bonchev–Trinajstić information content (AvgIpc) is 2.17. The van der Waals surface area contributed by atoms with Crippen LogP contribution in [0, 0.1) is 11.3 Å². The summed E-state index contributed by atoms with van der Waals surface area (Å²) in [5, 5.41) is 10.0. The molecule has 0 saturated heterocycles. The van der Waals surface area contributed by atoms with E-state index >= 15 is 0 Å². The van der Waals surface area contributed by atoms with Gasteiger partial charge in [-0.25, -0.2) is 5.84 Å². The quantitative estimate of drug-likeness (QED) is 0.472. The Morgan fingerprint density at radius 2 is 2.40 bits per heavy atom. The molecule has 1 atom stereocenters. The van der Waals surface area contributed by atoms with Gasteiger partial charge in [0.25, 0.3) is 0 Å². The number of rotatable bonds is 0. The summed E-state index contributed by atoms with van der Waals surface area (Å²) in [7, 11) is 1.84. The normalized spacial score (nSPS) is 24.6. The molecule has 0 aromatic heterocycles. The Labute approximate surface area is 60.1 Å². The van der Waals surface area contributed by atoms with E-state index in [1.807, 2.05) is 24.9 Å². The number of hydrogen-bond donors (Lipinski definition) is 1. The Morgan fingerprint density at radius 3 is 2.60 bits per heavy atom. The topological polar surface area (TPSA) is 56.3 Å². The fourth-order valence-corrected chi connectivity index (χ4v) is 0.849. The third-order valence-electron chi connectivity index (χ3n) is 1.76. The number of allylic oxidation sites excluding steroid dienone is 1. The SMILES string of the molecule is CC1N(N)C=C(C#N)N1C. The predicted octanol–water partition coefficient (Wildman–Crippen LogP) is -0.182. The van der Waals surface area contributed by atoms with Crippen LogP contribution in [0.5, 0.6) is 0 Å². The van der Waals surface area contributed by atoms with Crippen LogP contribution in [-0.2, 0) is 0 Å². The van der Waals surface area contributed by atoms with Crippen molar-refractivity contribution in [1.29, 1.82) is 5.26 Å². The smallest absolute Gasteiger partial charge is 0.135 e. The van der Waals surface area contributed by atoms with Crippen LogP contribution in [0.25, 0.3) is 0 Å². The van der Waals surface area contributed by atoms with Gasteiger partial charge in [-0.3, -0.25) is 5.01 Å². The van der Waals surface area contributed by atoms with Gasteiger partial charge in [-0.1, -0.05) is 0 Å². The molecule has 1 aliphatic heterocycles. The van der Waals surface area contributed by atoms with Gasteiger partial charge in [0.1, 0.15) is 17.9 Å². The van der Waals surface area contributed by atoms with Gasteiger partial charge in [0.05, 0.1) is 6.20 Å². The molecule has 1 aliphatic rings. The molecule has 10 heavy (non-hydrogen) atoms. The van der Waals surface area contributed by atoms with Crippen molar-refractivity contribution in [3.05, 3.63) is 11.9 Å². The third kappa shape index (κ3) is 0.807. The van der Waals surface area contributed by atoms with Crippen molar-refractivity contribution in [2.24, 2.45) is 5.84 Å². The van der Waals surface area contributed by atoms with E-state index in [0.717, 1.165) is 0 Å². The molecule has 0 saturated carbocycles. The van der Waals surface area contributed by atoms with E-state index in [1.165, 1.54) is 5.01 Å². The van der Waals surface area contributed by atoms with Gasteiger partial charge in [-0.2, -0.15) is 5.26 Å². The summed E-state index contributed by atoms with van der Waals surface area (Å²) < 4.78 is 0. The standard InChI is InChI=1S/C6H10N4/c1-5-9(2)6(3-7)4-10(5)8/h4-5H,8H2,1-2H3. The second-order valence-electron chi connectivity index (χ2n) is 2.32.